The van der Waals surface area contributed by atoms with Gasteiger partial charge in [-0.3, -0.25) is 14.7 Å². The van der Waals surface area contributed by atoms with E-state index in [4.69, 9.17) is 4.74 Å². The third-order valence-electron chi connectivity index (χ3n) is 5.00. The monoisotopic (exact) mass is 408 g/mol. The van der Waals surface area contributed by atoms with E-state index >= 15 is 0 Å². The van der Waals surface area contributed by atoms with Gasteiger partial charge in [0.15, 0.2) is 0 Å². The fourth-order valence-corrected chi connectivity index (χ4v) is 4.28. The molecule has 4 rings (SSSR count). The lowest BCUT2D eigenvalue weighted by molar-refractivity contribution is -0.121. The Labute approximate surface area is 174 Å². The van der Waals surface area contributed by atoms with Gasteiger partial charge in [-0.1, -0.05) is 0 Å². The van der Waals surface area contributed by atoms with Gasteiger partial charge in [-0.2, -0.15) is 0 Å². The van der Waals surface area contributed by atoms with Crippen LogP contribution in [0, 0.1) is 12.8 Å². The number of aryl methyl sites for hydroxylation is 1. The molecule has 1 aliphatic heterocycles. The highest BCUT2D eigenvalue weighted by Crippen LogP contribution is 2.25. The average Bonchev–Trinajstić information content (AvgIpc) is 3.15. The van der Waals surface area contributed by atoms with E-state index in [1.807, 2.05) is 49.5 Å². The molecule has 1 aliphatic rings. The molecule has 150 valence electrons. The maximum absolute atomic E-state index is 12.6. The molecule has 0 bridgehead atoms. The molecule has 0 radical (unpaired) electrons. The number of thiazole rings is 1. The van der Waals surface area contributed by atoms with Gasteiger partial charge in [-0.15, -0.1) is 11.3 Å². The predicted molar refractivity (Wildman–Crippen MR) is 114 cm³/mol. The zero-order valence-electron chi connectivity index (χ0n) is 16.4. The van der Waals surface area contributed by atoms with E-state index in [1.165, 1.54) is 4.88 Å². The molecule has 1 N–H and O–H groups in total. The van der Waals surface area contributed by atoms with Gasteiger partial charge in [0.2, 0.25) is 5.91 Å². The highest BCUT2D eigenvalue weighted by molar-refractivity contribution is 7.11. The SMILES string of the molecule is Cc1ncc(CN2CCC(C(=O)Nc3ccc(Oc4cccnc4)cc3)CC2)s1. The first-order valence-electron chi connectivity index (χ1n) is 9.78. The first kappa shape index (κ1) is 19.5. The van der Waals surface area contributed by atoms with Crippen molar-refractivity contribution in [3.63, 3.8) is 0 Å². The number of pyridine rings is 1. The number of aromatic nitrogens is 2. The van der Waals surface area contributed by atoms with Gasteiger partial charge < -0.3 is 10.1 Å². The topological polar surface area (TPSA) is 67.4 Å². The molecule has 0 aliphatic carbocycles. The van der Waals surface area contributed by atoms with Crippen LogP contribution >= 0.6 is 11.3 Å². The van der Waals surface area contributed by atoms with Crippen LogP contribution in [0.4, 0.5) is 5.69 Å². The fraction of sp³-hybridized carbons (Fsp3) is 0.318. The van der Waals surface area contributed by atoms with Crippen molar-refractivity contribution in [2.24, 2.45) is 5.92 Å². The summed E-state index contributed by atoms with van der Waals surface area (Å²) in [6.45, 7) is 4.83. The molecule has 2 aromatic heterocycles. The Morgan fingerprint density at radius 3 is 2.62 bits per heavy atom. The van der Waals surface area contributed by atoms with Gasteiger partial charge in [-0.25, -0.2) is 4.98 Å². The summed E-state index contributed by atoms with van der Waals surface area (Å²) in [6.07, 6.45) is 7.09. The van der Waals surface area contributed by atoms with E-state index in [0.717, 1.165) is 43.2 Å². The molecule has 1 saturated heterocycles. The number of piperidine rings is 1. The minimum absolute atomic E-state index is 0.0563. The van der Waals surface area contributed by atoms with E-state index in [0.29, 0.717) is 11.5 Å². The number of rotatable bonds is 6. The molecule has 29 heavy (non-hydrogen) atoms. The van der Waals surface area contributed by atoms with Crippen molar-refractivity contribution < 1.29 is 9.53 Å². The van der Waals surface area contributed by atoms with Gasteiger partial charge in [0, 0.05) is 35.4 Å². The van der Waals surface area contributed by atoms with Gasteiger partial charge in [0.1, 0.15) is 11.5 Å². The van der Waals surface area contributed by atoms with Crippen LogP contribution in [-0.4, -0.2) is 33.9 Å². The van der Waals surface area contributed by atoms with E-state index < -0.39 is 0 Å². The maximum Gasteiger partial charge on any atom is 0.227 e. The Bertz CT molecular complexity index is 935. The smallest absolute Gasteiger partial charge is 0.227 e. The molecule has 3 heterocycles. The van der Waals surface area contributed by atoms with E-state index in [1.54, 1.807) is 23.7 Å². The molecule has 0 atom stereocenters. The number of nitrogens with one attached hydrogen (secondary N) is 1. The summed E-state index contributed by atoms with van der Waals surface area (Å²) in [7, 11) is 0. The molecular weight excluding hydrogens is 384 g/mol. The van der Waals surface area contributed by atoms with E-state index in [2.05, 4.69) is 20.2 Å². The predicted octanol–water partition coefficient (Wildman–Crippen LogP) is 4.49. The van der Waals surface area contributed by atoms with Gasteiger partial charge in [0.05, 0.1) is 11.2 Å². The minimum atomic E-state index is 0.0563. The molecule has 7 heteroatoms. The molecule has 6 nitrogen and oxygen atoms in total. The van der Waals surface area contributed by atoms with Crippen LogP contribution in [-0.2, 0) is 11.3 Å². The number of amides is 1. The summed E-state index contributed by atoms with van der Waals surface area (Å²) in [4.78, 5) is 24.7. The fourth-order valence-electron chi connectivity index (χ4n) is 3.45. The Kier molecular flexibility index (Phi) is 6.17. The van der Waals surface area contributed by atoms with Crippen LogP contribution in [0.2, 0.25) is 0 Å². The van der Waals surface area contributed by atoms with E-state index in [-0.39, 0.29) is 11.8 Å². The van der Waals surface area contributed by atoms with Crippen molar-refractivity contribution >= 4 is 22.9 Å². The number of hydrogen-bond donors (Lipinski definition) is 1. The standard InChI is InChI=1S/C22H24N4O2S/c1-16-24-14-21(29-16)15-26-11-8-17(9-12-26)22(27)25-18-4-6-19(7-5-18)28-20-3-2-10-23-13-20/h2-7,10,13-14,17H,8-9,11-12,15H2,1H3,(H,25,27). The lowest BCUT2D eigenvalue weighted by atomic mass is 9.96. The van der Waals surface area contributed by atoms with Crippen molar-refractivity contribution in [1.29, 1.82) is 0 Å². The van der Waals surface area contributed by atoms with Gasteiger partial charge >= 0.3 is 0 Å². The third-order valence-corrected chi connectivity index (χ3v) is 5.90. The summed E-state index contributed by atoms with van der Waals surface area (Å²) in [5.74, 6) is 1.55. The van der Waals surface area contributed by atoms with Crippen LogP contribution in [0.3, 0.4) is 0 Å². The zero-order chi connectivity index (χ0) is 20.1. The van der Waals surface area contributed by atoms with Gasteiger partial charge in [0.25, 0.3) is 0 Å². The third kappa shape index (κ3) is 5.40. The van der Waals surface area contributed by atoms with Crippen molar-refractivity contribution in [3.05, 3.63) is 64.9 Å². The van der Waals surface area contributed by atoms with Crippen LogP contribution in [0.25, 0.3) is 0 Å². The Balaban J connectivity index is 1.25. The first-order valence-corrected chi connectivity index (χ1v) is 10.6. The summed E-state index contributed by atoms with van der Waals surface area (Å²) >= 11 is 1.75. The number of hydrogen-bond acceptors (Lipinski definition) is 6. The number of ether oxygens (including phenoxy) is 1. The number of benzene rings is 1. The van der Waals surface area contributed by atoms with Crippen LogP contribution < -0.4 is 10.1 Å². The van der Waals surface area contributed by atoms with Crippen LogP contribution in [0.5, 0.6) is 11.5 Å². The average molecular weight is 409 g/mol. The van der Waals surface area contributed by atoms with Gasteiger partial charge in [-0.05, 0) is 69.3 Å². The molecule has 0 unspecified atom stereocenters. The minimum Gasteiger partial charge on any atom is -0.456 e. The van der Waals surface area contributed by atoms with E-state index in [9.17, 15) is 4.79 Å². The summed E-state index contributed by atoms with van der Waals surface area (Å²) in [5.41, 5.74) is 0.788. The molecule has 1 aromatic carbocycles. The largest absolute Gasteiger partial charge is 0.456 e. The van der Waals surface area contributed by atoms with Crippen molar-refractivity contribution in [3.8, 4) is 11.5 Å². The molecule has 3 aromatic rings. The highest BCUT2D eigenvalue weighted by atomic mass is 32.1. The first-order chi connectivity index (χ1) is 14.2. The zero-order valence-corrected chi connectivity index (χ0v) is 17.2. The molecule has 1 fully saturated rings. The second-order valence-corrected chi connectivity index (χ2v) is 8.52. The lowest BCUT2D eigenvalue weighted by Crippen LogP contribution is -2.37. The number of anilines is 1. The number of carbonyl (C=O) groups excluding carboxylic acids is 1. The second kappa shape index (κ2) is 9.15. The lowest BCUT2D eigenvalue weighted by Gasteiger charge is -2.30. The van der Waals surface area contributed by atoms with Crippen molar-refractivity contribution in [1.82, 2.24) is 14.9 Å². The molecule has 0 saturated carbocycles. The maximum atomic E-state index is 12.6. The van der Waals surface area contributed by atoms with Crippen LogP contribution in [0.1, 0.15) is 22.7 Å². The molecular formula is C22H24N4O2S. The summed E-state index contributed by atoms with van der Waals surface area (Å²) in [6, 6.07) is 11.1. The van der Waals surface area contributed by atoms with Crippen molar-refractivity contribution in [2.45, 2.75) is 26.3 Å². The highest BCUT2D eigenvalue weighted by Gasteiger charge is 2.25. The number of likely N-dealkylation sites (tertiary alicyclic amines) is 1. The number of nitrogens with zero attached hydrogens (tertiary/aromatic N) is 3. The Hall–Kier alpha value is -2.77. The summed E-state index contributed by atoms with van der Waals surface area (Å²) in [5, 5.41) is 4.14. The van der Waals surface area contributed by atoms with Crippen molar-refractivity contribution in [2.75, 3.05) is 18.4 Å². The Morgan fingerprint density at radius 2 is 1.97 bits per heavy atom. The quantitative estimate of drug-likeness (QED) is 0.651. The normalized spacial score (nSPS) is 15.2. The number of carbonyl (C=O) groups is 1. The molecule has 0 spiro atoms. The van der Waals surface area contributed by atoms with Crippen LogP contribution in [0.15, 0.2) is 55.0 Å². The second-order valence-electron chi connectivity index (χ2n) is 7.20. The summed E-state index contributed by atoms with van der Waals surface area (Å²) < 4.78 is 5.73. The Morgan fingerprint density at radius 1 is 1.17 bits per heavy atom. The molecule has 1 amide bonds.